The van der Waals surface area contributed by atoms with Crippen LogP contribution < -0.4 is 4.74 Å². The van der Waals surface area contributed by atoms with E-state index < -0.39 is 0 Å². The number of hydrogen-bond acceptors (Lipinski definition) is 4. The van der Waals surface area contributed by atoms with Crippen LogP contribution in [-0.4, -0.2) is 37.1 Å². The van der Waals surface area contributed by atoms with E-state index in [1.54, 1.807) is 13.2 Å². The summed E-state index contributed by atoms with van der Waals surface area (Å²) in [4.78, 5) is 0. The van der Waals surface area contributed by atoms with Crippen molar-refractivity contribution in [3.8, 4) is 5.75 Å². The fraction of sp³-hybridized carbons (Fsp3) is 0.529. The highest BCUT2D eigenvalue weighted by atomic mass is 16.6. The number of hydrogen-bond donors (Lipinski definition) is 1. The molecule has 2 rings (SSSR count). The van der Waals surface area contributed by atoms with Gasteiger partial charge in [-0.3, -0.25) is 0 Å². The van der Waals surface area contributed by atoms with E-state index in [9.17, 15) is 0 Å². The first-order valence-corrected chi connectivity index (χ1v) is 7.16. The maximum absolute atomic E-state index is 9.15. The standard InChI is InChI=1S/C17H24O4/c1-5-15(17(2,3)16-14(10-18)21-16)20-11-12-6-8-13(19-4)9-7-12/h5-9,14-16,18H,1,10-11H2,2-4H3/t14-,15+,16+/m1/s1. The van der Waals surface area contributed by atoms with Gasteiger partial charge in [-0.25, -0.2) is 0 Å². The molecule has 0 unspecified atom stereocenters. The van der Waals surface area contributed by atoms with E-state index >= 15 is 0 Å². The molecular formula is C17H24O4. The minimum absolute atomic E-state index is 0.0152. The molecule has 0 aromatic heterocycles. The number of epoxide rings is 1. The number of aliphatic hydroxyl groups excluding tert-OH is 1. The molecule has 1 aliphatic heterocycles. The molecule has 1 saturated heterocycles. The van der Waals surface area contributed by atoms with Gasteiger partial charge in [-0.1, -0.05) is 32.1 Å². The van der Waals surface area contributed by atoms with Crippen molar-refractivity contribution in [3.05, 3.63) is 42.5 Å². The average Bonchev–Trinajstić information content (AvgIpc) is 3.28. The molecule has 1 heterocycles. The Morgan fingerprint density at radius 1 is 1.38 bits per heavy atom. The molecular weight excluding hydrogens is 268 g/mol. The van der Waals surface area contributed by atoms with Crippen molar-refractivity contribution >= 4 is 0 Å². The van der Waals surface area contributed by atoms with E-state index in [1.807, 2.05) is 24.3 Å². The SMILES string of the molecule is C=C[C@H](OCc1ccc(OC)cc1)C(C)(C)[C@H]1O[C@@H]1CO. The summed E-state index contributed by atoms with van der Waals surface area (Å²) in [7, 11) is 1.65. The topological polar surface area (TPSA) is 51.2 Å². The molecule has 1 aromatic rings. The Morgan fingerprint density at radius 2 is 2.05 bits per heavy atom. The van der Waals surface area contributed by atoms with Crippen LogP contribution in [0.5, 0.6) is 5.75 Å². The highest BCUT2D eigenvalue weighted by Crippen LogP contribution is 2.42. The third-order valence-corrected chi connectivity index (χ3v) is 4.03. The Morgan fingerprint density at radius 3 is 2.52 bits per heavy atom. The summed E-state index contributed by atoms with van der Waals surface area (Å²) in [5, 5.41) is 9.15. The van der Waals surface area contributed by atoms with Gasteiger partial charge in [0.25, 0.3) is 0 Å². The Bertz CT molecular complexity index is 466. The van der Waals surface area contributed by atoms with Crippen LogP contribution in [0.15, 0.2) is 36.9 Å². The molecule has 1 N–H and O–H groups in total. The van der Waals surface area contributed by atoms with E-state index in [-0.39, 0.29) is 30.3 Å². The highest BCUT2D eigenvalue weighted by molar-refractivity contribution is 5.26. The molecule has 1 aromatic carbocycles. The maximum Gasteiger partial charge on any atom is 0.118 e. The van der Waals surface area contributed by atoms with Crippen LogP contribution in [0.2, 0.25) is 0 Å². The first-order chi connectivity index (χ1) is 10.0. The van der Waals surface area contributed by atoms with Gasteiger partial charge >= 0.3 is 0 Å². The lowest BCUT2D eigenvalue weighted by atomic mass is 9.81. The smallest absolute Gasteiger partial charge is 0.118 e. The molecule has 0 saturated carbocycles. The first kappa shape index (κ1) is 16.0. The number of aliphatic hydroxyl groups is 1. The predicted molar refractivity (Wildman–Crippen MR) is 81.3 cm³/mol. The molecule has 0 spiro atoms. The Balaban J connectivity index is 1.94. The zero-order chi connectivity index (χ0) is 15.5. The highest BCUT2D eigenvalue weighted by Gasteiger charge is 2.52. The molecule has 1 aliphatic rings. The lowest BCUT2D eigenvalue weighted by molar-refractivity contribution is -0.0161. The van der Waals surface area contributed by atoms with Crippen molar-refractivity contribution in [1.82, 2.24) is 0 Å². The maximum atomic E-state index is 9.15. The van der Waals surface area contributed by atoms with Crippen molar-refractivity contribution in [1.29, 1.82) is 0 Å². The van der Waals surface area contributed by atoms with Gasteiger partial charge in [-0.2, -0.15) is 0 Å². The third-order valence-electron chi connectivity index (χ3n) is 4.03. The summed E-state index contributed by atoms with van der Waals surface area (Å²) in [6, 6.07) is 7.79. The van der Waals surface area contributed by atoms with Crippen molar-refractivity contribution in [2.75, 3.05) is 13.7 Å². The van der Waals surface area contributed by atoms with Crippen LogP contribution in [0.4, 0.5) is 0 Å². The Labute approximate surface area is 126 Å². The molecule has 0 bridgehead atoms. The molecule has 3 atom stereocenters. The van der Waals surface area contributed by atoms with Crippen molar-refractivity contribution in [2.24, 2.45) is 5.41 Å². The van der Waals surface area contributed by atoms with Crippen LogP contribution in [0, 0.1) is 5.41 Å². The fourth-order valence-electron chi connectivity index (χ4n) is 2.59. The second-order valence-corrected chi connectivity index (χ2v) is 5.91. The molecule has 21 heavy (non-hydrogen) atoms. The van der Waals surface area contributed by atoms with Crippen molar-refractivity contribution < 1.29 is 19.3 Å². The van der Waals surface area contributed by atoms with E-state index in [0.29, 0.717) is 6.61 Å². The third kappa shape index (κ3) is 3.64. The van der Waals surface area contributed by atoms with Crippen LogP contribution in [-0.2, 0) is 16.1 Å². The first-order valence-electron chi connectivity index (χ1n) is 7.16. The van der Waals surface area contributed by atoms with E-state index in [0.717, 1.165) is 11.3 Å². The van der Waals surface area contributed by atoms with Gasteiger partial charge in [0.05, 0.1) is 32.5 Å². The van der Waals surface area contributed by atoms with E-state index in [4.69, 9.17) is 19.3 Å². The van der Waals surface area contributed by atoms with Crippen molar-refractivity contribution in [3.63, 3.8) is 0 Å². The van der Waals surface area contributed by atoms with Crippen LogP contribution in [0.1, 0.15) is 19.4 Å². The van der Waals surface area contributed by atoms with Crippen LogP contribution in [0.25, 0.3) is 0 Å². The van der Waals surface area contributed by atoms with E-state index in [2.05, 4.69) is 20.4 Å². The molecule has 0 amide bonds. The summed E-state index contributed by atoms with van der Waals surface area (Å²) < 4.78 is 16.6. The number of rotatable bonds is 8. The van der Waals surface area contributed by atoms with Gasteiger partial charge in [0, 0.05) is 5.41 Å². The molecule has 4 nitrogen and oxygen atoms in total. The predicted octanol–water partition coefficient (Wildman–Crippen LogP) is 2.55. The summed E-state index contributed by atoms with van der Waals surface area (Å²) >= 11 is 0. The molecule has 4 heteroatoms. The summed E-state index contributed by atoms with van der Waals surface area (Å²) in [6.45, 7) is 8.57. The quantitative estimate of drug-likeness (QED) is 0.591. The second kappa shape index (κ2) is 6.60. The van der Waals surface area contributed by atoms with E-state index in [1.165, 1.54) is 0 Å². The number of ether oxygens (including phenoxy) is 3. The Hall–Kier alpha value is -1.36. The molecule has 0 aliphatic carbocycles. The van der Waals surface area contributed by atoms with Gasteiger partial charge < -0.3 is 19.3 Å². The number of benzene rings is 1. The molecule has 1 fully saturated rings. The summed E-state index contributed by atoms with van der Waals surface area (Å²) in [6.07, 6.45) is 1.61. The monoisotopic (exact) mass is 292 g/mol. The van der Waals surface area contributed by atoms with Gasteiger partial charge in [0.1, 0.15) is 11.9 Å². The molecule has 116 valence electrons. The van der Waals surface area contributed by atoms with Gasteiger partial charge in [-0.05, 0) is 17.7 Å². The normalized spacial score (nSPS) is 22.7. The summed E-state index contributed by atoms with van der Waals surface area (Å²) in [5.74, 6) is 0.830. The van der Waals surface area contributed by atoms with Gasteiger partial charge in [-0.15, -0.1) is 6.58 Å². The minimum Gasteiger partial charge on any atom is -0.497 e. The largest absolute Gasteiger partial charge is 0.497 e. The minimum atomic E-state index is -0.221. The zero-order valence-electron chi connectivity index (χ0n) is 12.9. The van der Waals surface area contributed by atoms with Gasteiger partial charge in [0.15, 0.2) is 0 Å². The van der Waals surface area contributed by atoms with Crippen LogP contribution >= 0.6 is 0 Å². The Kier molecular flexibility index (Phi) is 5.04. The molecule has 0 radical (unpaired) electrons. The average molecular weight is 292 g/mol. The summed E-state index contributed by atoms with van der Waals surface area (Å²) in [5.41, 5.74) is 0.857. The van der Waals surface area contributed by atoms with Crippen LogP contribution in [0.3, 0.4) is 0 Å². The number of methoxy groups -OCH3 is 1. The van der Waals surface area contributed by atoms with Crippen molar-refractivity contribution in [2.45, 2.75) is 38.8 Å². The fourth-order valence-corrected chi connectivity index (χ4v) is 2.59. The second-order valence-electron chi connectivity index (χ2n) is 5.91. The lowest BCUT2D eigenvalue weighted by Gasteiger charge is -2.31. The van der Waals surface area contributed by atoms with Gasteiger partial charge in [0.2, 0.25) is 0 Å². The zero-order valence-corrected chi connectivity index (χ0v) is 12.9. The lowest BCUT2D eigenvalue weighted by Crippen LogP contribution is -2.36.